The third-order valence-electron chi connectivity index (χ3n) is 2.61. The van der Waals surface area contributed by atoms with E-state index < -0.39 is 18.4 Å². The molecule has 4 atom stereocenters. The van der Waals surface area contributed by atoms with Gasteiger partial charge >= 0.3 is 0 Å². The van der Waals surface area contributed by atoms with Gasteiger partial charge in [-0.05, 0) is 11.8 Å². The van der Waals surface area contributed by atoms with Crippen LogP contribution in [0.3, 0.4) is 0 Å². The predicted molar refractivity (Wildman–Crippen MR) is 49.2 cm³/mol. The van der Waals surface area contributed by atoms with Crippen LogP contribution in [0.5, 0.6) is 0 Å². The van der Waals surface area contributed by atoms with Gasteiger partial charge in [0.25, 0.3) is 0 Å². The molecule has 0 aromatic heterocycles. The number of rotatable bonds is 2. The van der Waals surface area contributed by atoms with Gasteiger partial charge in [0.2, 0.25) is 0 Å². The van der Waals surface area contributed by atoms with Crippen molar-refractivity contribution in [1.29, 1.82) is 0 Å². The van der Waals surface area contributed by atoms with Crippen LogP contribution < -0.4 is 0 Å². The molecule has 78 valence electrons. The maximum Gasteiger partial charge on any atom is 0.155 e. The van der Waals surface area contributed by atoms with Crippen LogP contribution >= 0.6 is 0 Å². The highest BCUT2D eigenvalue weighted by Gasteiger charge is 2.46. The van der Waals surface area contributed by atoms with Gasteiger partial charge in [-0.1, -0.05) is 27.7 Å². The van der Waals surface area contributed by atoms with Crippen molar-refractivity contribution in [2.24, 2.45) is 11.8 Å². The zero-order valence-corrected chi connectivity index (χ0v) is 8.70. The number of aliphatic hydroxyl groups is 1. The molecule has 13 heavy (non-hydrogen) atoms. The monoisotopic (exact) mass is 190 g/mol. The van der Waals surface area contributed by atoms with E-state index in [0.717, 1.165) is 0 Å². The van der Waals surface area contributed by atoms with Gasteiger partial charge in [0.05, 0.1) is 12.2 Å². The molecular weight excluding hydrogens is 171 g/mol. The van der Waals surface area contributed by atoms with Gasteiger partial charge in [0.15, 0.2) is 6.17 Å². The number of hydrogen-bond donors (Lipinski definition) is 1. The Balaban J connectivity index is 2.66. The second-order valence-electron chi connectivity index (χ2n) is 4.49. The lowest BCUT2D eigenvalue weighted by molar-refractivity contribution is -0.0310. The van der Waals surface area contributed by atoms with Crippen LogP contribution in [-0.4, -0.2) is 29.6 Å². The van der Waals surface area contributed by atoms with Crippen molar-refractivity contribution < 1.29 is 14.2 Å². The van der Waals surface area contributed by atoms with Gasteiger partial charge in [-0.15, -0.1) is 0 Å². The first-order chi connectivity index (χ1) is 5.95. The minimum Gasteiger partial charge on any atom is -0.387 e. The molecule has 0 saturated carbocycles. The van der Waals surface area contributed by atoms with Crippen molar-refractivity contribution in [2.75, 3.05) is 0 Å². The fourth-order valence-corrected chi connectivity index (χ4v) is 1.79. The molecule has 3 heteroatoms. The molecule has 1 aliphatic heterocycles. The van der Waals surface area contributed by atoms with E-state index in [2.05, 4.69) is 0 Å². The van der Waals surface area contributed by atoms with Crippen LogP contribution in [0.25, 0.3) is 0 Å². The molecule has 0 aromatic carbocycles. The topological polar surface area (TPSA) is 29.5 Å². The Morgan fingerprint density at radius 1 is 1.08 bits per heavy atom. The van der Waals surface area contributed by atoms with Gasteiger partial charge in [0, 0.05) is 0 Å². The Morgan fingerprint density at radius 3 is 1.77 bits per heavy atom. The lowest BCUT2D eigenvalue weighted by Crippen LogP contribution is -2.32. The second-order valence-corrected chi connectivity index (χ2v) is 4.49. The van der Waals surface area contributed by atoms with Crippen molar-refractivity contribution in [3.8, 4) is 0 Å². The van der Waals surface area contributed by atoms with Gasteiger partial charge in [-0.25, -0.2) is 4.39 Å². The van der Waals surface area contributed by atoms with E-state index in [9.17, 15) is 9.50 Å². The molecule has 1 fully saturated rings. The molecule has 1 N–H and O–H groups in total. The standard InChI is InChI=1S/C10H19FO2/c1-5(2)9-7(11)8(12)10(13-9)6(3)4/h5-10,12H,1-4H3/t7-,8-,9?,10?/m0/s1. The van der Waals surface area contributed by atoms with Crippen molar-refractivity contribution in [3.63, 3.8) is 0 Å². The Morgan fingerprint density at radius 2 is 1.54 bits per heavy atom. The first kappa shape index (κ1) is 10.9. The van der Waals surface area contributed by atoms with Crippen LogP contribution in [0, 0.1) is 11.8 Å². The lowest BCUT2D eigenvalue weighted by atomic mass is 9.97. The zero-order valence-electron chi connectivity index (χ0n) is 8.70. The number of alkyl halides is 1. The fraction of sp³-hybridized carbons (Fsp3) is 1.00. The molecule has 0 radical (unpaired) electrons. The molecule has 2 nitrogen and oxygen atoms in total. The molecule has 1 aliphatic rings. The quantitative estimate of drug-likeness (QED) is 0.719. The van der Waals surface area contributed by atoms with Crippen molar-refractivity contribution in [1.82, 2.24) is 0 Å². The average molecular weight is 190 g/mol. The highest BCUT2D eigenvalue weighted by atomic mass is 19.1. The normalized spacial score (nSPS) is 40.6. The number of ether oxygens (including phenoxy) is 1. The zero-order chi connectivity index (χ0) is 10.2. The molecule has 1 heterocycles. The van der Waals surface area contributed by atoms with Crippen molar-refractivity contribution in [2.45, 2.75) is 52.2 Å². The number of halogens is 1. The summed E-state index contributed by atoms with van der Waals surface area (Å²) in [6.45, 7) is 7.69. The van der Waals surface area contributed by atoms with E-state index in [1.807, 2.05) is 27.7 Å². The smallest absolute Gasteiger partial charge is 0.155 e. The second kappa shape index (κ2) is 3.93. The van der Waals surface area contributed by atoms with Gasteiger partial charge in [-0.3, -0.25) is 0 Å². The van der Waals surface area contributed by atoms with Crippen LogP contribution in [0.15, 0.2) is 0 Å². The average Bonchev–Trinajstić information content (AvgIpc) is 2.29. The summed E-state index contributed by atoms with van der Waals surface area (Å²) in [6.07, 6.45) is -2.97. The predicted octanol–water partition coefficient (Wildman–Crippen LogP) is 1.76. The molecule has 0 bridgehead atoms. The van der Waals surface area contributed by atoms with Crippen molar-refractivity contribution >= 4 is 0 Å². The minimum atomic E-state index is -1.23. The first-order valence-electron chi connectivity index (χ1n) is 4.92. The van der Waals surface area contributed by atoms with Gasteiger partial charge < -0.3 is 9.84 Å². The Labute approximate surface area is 79.1 Å². The molecule has 0 aliphatic carbocycles. The van der Waals surface area contributed by atoms with Crippen LogP contribution in [0.4, 0.5) is 4.39 Å². The lowest BCUT2D eigenvalue weighted by Gasteiger charge is -2.18. The SMILES string of the molecule is CC(C)C1OC(C(C)C)[C@@H](F)[C@@H]1O. The van der Waals surface area contributed by atoms with E-state index in [-0.39, 0.29) is 17.9 Å². The van der Waals surface area contributed by atoms with E-state index in [1.54, 1.807) is 0 Å². The summed E-state index contributed by atoms with van der Waals surface area (Å²) < 4.78 is 19.0. The maximum absolute atomic E-state index is 13.5. The first-order valence-corrected chi connectivity index (χ1v) is 4.92. The van der Waals surface area contributed by atoms with Gasteiger partial charge in [-0.2, -0.15) is 0 Å². The van der Waals surface area contributed by atoms with E-state index >= 15 is 0 Å². The molecular formula is C10H19FO2. The Kier molecular flexibility index (Phi) is 3.30. The summed E-state index contributed by atoms with van der Waals surface area (Å²) in [6, 6.07) is 0. The molecule has 1 saturated heterocycles. The molecule has 1 rings (SSSR count). The molecule has 2 unspecified atom stereocenters. The van der Waals surface area contributed by atoms with E-state index in [1.165, 1.54) is 0 Å². The fourth-order valence-electron chi connectivity index (χ4n) is 1.79. The van der Waals surface area contributed by atoms with Gasteiger partial charge in [0.1, 0.15) is 6.10 Å². The Hall–Kier alpha value is -0.150. The largest absolute Gasteiger partial charge is 0.387 e. The third-order valence-corrected chi connectivity index (χ3v) is 2.61. The van der Waals surface area contributed by atoms with Crippen LogP contribution in [0.1, 0.15) is 27.7 Å². The number of hydrogen-bond acceptors (Lipinski definition) is 2. The van der Waals surface area contributed by atoms with Crippen LogP contribution in [0.2, 0.25) is 0 Å². The highest BCUT2D eigenvalue weighted by molar-refractivity contribution is 4.93. The maximum atomic E-state index is 13.5. The third kappa shape index (κ3) is 2.02. The summed E-state index contributed by atoms with van der Waals surface area (Å²) in [5.41, 5.74) is 0. The van der Waals surface area contributed by atoms with E-state index in [0.29, 0.717) is 0 Å². The summed E-state index contributed by atoms with van der Waals surface area (Å²) in [5, 5.41) is 9.55. The summed E-state index contributed by atoms with van der Waals surface area (Å²) in [4.78, 5) is 0. The summed E-state index contributed by atoms with van der Waals surface area (Å²) >= 11 is 0. The summed E-state index contributed by atoms with van der Waals surface area (Å²) in [7, 11) is 0. The highest BCUT2D eigenvalue weighted by Crippen LogP contribution is 2.32. The number of aliphatic hydroxyl groups excluding tert-OH is 1. The van der Waals surface area contributed by atoms with Crippen LogP contribution in [-0.2, 0) is 4.74 Å². The molecule has 0 spiro atoms. The summed E-state index contributed by atoms with van der Waals surface area (Å²) in [5.74, 6) is 0.283. The molecule has 0 aromatic rings. The Bertz CT molecular complexity index is 152. The molecule has 0 amide bonds. The van der Waals surface area contributed by atoms with E-state index in [4.69, 9.17) is 4.74 Å². The minimum absolute atomic E-state index is 0.119. The van der Waals surface area contributed by atoms with Crippen molar-refractivity contribution in [3.05, 3.63) is 0 Å².